The Hall–Kier alpha value is -2.53. The molecule has 0 fully saturated rings. The van der Waals surface area contributed by atoms with Gasteiger partial charge in [0.1, 0.15) is 5.82 Å². The van der Waals surface area contributed by atoms with Crippen molar-refractivity contribution in [3.05, 3.63) is 59.4 Å². The third-order valence-corrected chi connectivity index (χ3v) is 3.92. The topological polar surface area (TPSA) is 59.0 Å². The second-order valence-electron chi connectivity index (χ2n) is 5.16. The number of anilines is 1. The van der Waals surface area contributed by atoms with Crippen molar-refractivity contribution < 1.29 is 4.79 Å². The number of hydrogen-bond acceptors (Lipinski definition) is 2. The number of aryl methyl sites for hydroxylation is 1. The molecule has 0 saturated heterocycles. The molecule has 0 atom stereocenters. The zero-order chi connectivity index (χ0) is 16.2. The molecule has 5 nitrogen and oxygen atoms in total. The molecule has 118 valence electrons. The first kappa shape index (κ1) is 15.4. The minimum atomic E-state index is -0.278. The van der Waals surface area contributed by atoms with E-state index in [0.717, 1.165) is 16.9 Å². The van der Waals surface area contributed by atoms with E-state index >= 15 is 0 Å². The summed E-state index contributed by atoms with van der Waals surface area (Å²) in [6, 6.07) is 14.8. The van der Waals surface area contributed by atoms with E-state index in [0.29, 0.717) is 23.8 Å². The number of carbonyl (C=O) groups excluding carboxylic acids is 1. The molecule has 3 rings (SSSR count). The molecule has 1 aromatic heterocycles. The van der Waals surface area contributed by atoms with Crippen molar-refractivity contribution in [2.45, 2.75) is 13.5 Å². The van der Waals surface area contributed by atoms with Gasteiger partial charge >= 0.3 is 6.03 Å². The Balaban J connectivity index is 1.59. The van der Waals surface area contributed by atoms with Crippen LogP contribution in [0.3, 0.4) is 0 Å². The summed E-state index contributed by atoms with van der Waals surface area (Å²) in [5, 5.41) is 6.08. The standard InChI is InChI=1S/C17H17ClN4O/c1-12-20-15-8-4-5-9-16(15)22(12)11-10-19-17(23)21-14-7-3-2-6-13(14)18/h2-9H,10-11H2,1H3,(H2,19,21,23). The van der Waals surface area contributed by atoms with E-state index in [-0.39, 0.29) is 6.03 Å². The molecule has 2 aromatic carbocycles. The maximum absolute atomic E-state index is 11.9. The third kappa shape index (κ3) is 3.46. The Morgan fingerprint density at radius 3 is 2.74 bits per heavy atom. The normalized spacial score (nSPS) is 10.7. The van der Waals surface area contributed by atoms with Crippen LogP contribution >= 0.6 is 11.6 Å². The van der Waals surface area contributed by atoms with Crippen LogP contribution in [-0.4, -0.2) is 22.1 Å². The average Bonchev–Trinajstić information content (AvgIpc) is 2.86. The van der Waals surface area contributed by atoms with Crippen LogP contribution in [0.4, 0.5) is 10.5 Å². The summed E-state index contributed by atoms with van der Waals surface area (Å²) in [6.45, 7) is 3.11. The molecule has 0 aliphatic heterocycles. The fourth-order valence-corrected chi connectivity index (χ4v) is 2.67. The SMILES string of the molecule is Cc1nc2ccccc2n1CCNC(=O)Nc1ccccc1Cl. The number of halogens is 1. The van der Waals surface area contributed by atoms with Crippen molar-refractivity contribution in [1.82, 2.24) is 14.9 Å². The number of imidazole rings is 1. The highest BCUT2D eigenvalue weighted by atomic mass is 35.5. The number of para-hydroxylation sites is 3. The highest BCUT2D eigenvalue weighted by molar-refractivity contribution is 6.33. The Morgan fingerprint density at radius 1 is 1.17 bits per heavy atom. The zero-order valence-electron chi connectivity index (χ0n) is 12.7. The van der Waals surface area contributed by atoms with Crippen LogP contribution in [0.2, 0.25) is 5.02 Å². The van der Waals surface area contributed by atoms with E-state index in [9.17, 15) is 4.79 Å². The summed E-state index contributed by atoms with van der Waals surface area (Å²) in [6.07, 6.45) is 0. The highest BCUT2D eigenvalue weighted by Gasteiger charge is 2.08. The van der Waals surface area contributed by atoms with E-state index < -0.39 is 0 Å². The van der Waals surface area contributed by atoms with Crippen LogP contribution in [0.25, 0.3) is 11.0 Å². The summed E-state index contributed by atoms with van der Waals surface area (Å²) in [7, 11) is 0. The Labute approximate surface area is 139 Å². The van der Waals surface area contributed by atoms with Crippen molar-refractivity contribution in [3.8, 4) is 0 Å². The fourth-order valence-electron chi connectivity index (χ4n) is 2.49. The predicted octanol–water partition coefficient (Wildman–Crippen LogP) is 3.82. The highest BCUT2D eigenvalue weighted by Crippen LogP contribution is 2.20. The Kier molecular flexibility index (Phi) is 4.48. The Morgan fingerprint density at radius 2 is 1.91 bits per heavy atom. The molecular weight excluding hydrogens is 312 g/mol. The lowest BCUT2D eigenvalue weighted by atomic mass is 10.3. The number of fused-ring (bicyclic) bond motifs is 1. The van der Waals surface area contributed by atoms with Gasteiger partial charge in [-0.15, -0.1) is 0 Å². The number of amides is 2. The van der Waals surface area contributed by atoms with Crippen molar-refractivity contribution in [2.24, 2.45) is 0 Å². The molecule has 0 spiro atoms. The average molecular weight is 329 g/mol. The molecule has 23 heavy (non-hydrogen) atoms. The van der Waals surface area contributed by atoms with Crippen LogP contribution < -0.4 is 10.6 Å². The smallest absolute Gasteiger partial charge is 0.319 e. The lowest BCUT2D eigenvalue weighted by Gasteiger charge is -2.10. The summed E-state index contributed by atoms with van der Waals surface area (Å²) in [5.41, 5.74) is 2.62. The third-order valence-electron chi connectivity index (χ3n) is 3.59. The maximum atomic E-state index is 11.9. The molecule has 1 heterocycles. The maximum Gasteiger partial charge on any atom is 0.319 e. The first-order valence-electron chi connectivity index (χ1n) is 7.36. The van der Waals surface area contributed by atoms with E-state index in [1.54, 1.807) is 12.1 Å². The van der Waals surface area contributed by atoms with Gasteiger partial charge in [0.25, 0.3) is 0 Å². The number of carbonyl (C=O) groups is 1. The van der Waals surface area contributed by atoms with Crippen LogP contribution in [0.5, 0.6) is 0 Å². The zero-order valence-corrected chi connectivity index (χ0v) is 13.5. The molecule has 0 saturated carbocycles. The van der Waals surface area contributed by atoms with Gasteiger partial charge in [0.2, 0.25) is 0 Å². The predicted molar refractivity (Wildman–Crippen MR) is 92.9 cm³/mol. The van der Waals surface area contributed by atoms with Crippen molar-refractivity contribution in [1.29, 1.82) is 0 Å². The molecule has 0 aliphatic rings. The fraction of sp³-hybridized carbons (Fsp3) is 0.176. The van der Waals surface area contributed by atoms with Gasteiger partial charge in [0.05, 0.1) is 21.7 Å². The number of urea groups is 1. The van der Waals surface area contributed by atoms with Crippen LogP contribution in [-0.2, 0) is 6.54 Å². The molecule has 3 aromatic rings. The van der Waals surface area contributed by atoms with Crippen molar-refractivity contribution in [3.63, 3.8) is 0 Å². The van der Waals surface area contributed by atoms with Gasteiger partial charge in [-0.2, -0.15) is 0 Å². The monoisotopic (exact) mass is 328 g/mol. The van der Waals surface area contributed by atoms with Gasteiger partial charge in [-0.3, -0.25) is 0 Å². The summed E-state index contributed by atoms with van der Waals surface area (Å²) in [5.74, 6) is 0.930. The largest absolute Gasteiger partial charge is 0.336 e. The number of aromatic nitrogens is 2. The molecule has 0 radical (unpaired) electrons. The van der Waals surface area contributed by atoms with Gasteiger partial charge < -0.3 is 15.2 Å². The van der Waals surface area contributed by atoms with Crippen LogP contribution in [0.15, 0.2) is 48.5 Å². The number of nitrogens with zero attached hydrogens (tertiary/aromatic N) is 2. The molecule has 2 amide bonds. The molecule has 0 unspecified atom stereocenters. The van der Waals surface area contributed by atoms with E-state index in [4.69, 9.17) is 11.6 Å². The van der Waals surface area contributed by atoms with Gasteiger partial charge in [-0.1, -0.05) is 35.9 Å². The Bertz CT molecular complexity index is 843. The molecule has 2 N–H and O–H groups in total. The number of benzene rings is 2. The lowest BCUT2D eigenvalue weighted by molar-refractivity contribution is 0.251. The van der Waals surface area contributed by atoms with Crippen LogP contribution in [0.1, 0.15) is 5.82 Å². The van der Waals surface area contributed by atoms with E-state index in [1.165, 1.54) is 0 Å². The summed E-state index contributed by atoms with van der Waals surface area (Å²) in [4.78, 5) is 16.4. The number of nitrogens with one attached hydrogen (secondary N) is 2. The van der Waals surface area contributed by atoms with Gasteiger partial charge in [-0.05, 0) is 31.2 Å². The van der Waals surface area contributed by atoms with Gasteiger partial charge in [0, 0.05) is 13.1 Å². The van der Waals surface area contributed by atoms with Gasteiger partial charge in [0.15, 0.2) is 0 Å². The summed E-state index contributed by atoms with van der Waals surface area (Å²) < 4.78 is 2.09. The van der Waals surface area contributed by atoms with Crippen molar-refractivity contribution in [2.75, 3.05) is 11.9 Å². The van der Waals surface area contributed by atoms with Gasteiger partial charge in [-0.25, -0.2) is 9.78 Å². The quantitative estimate of drug-likeness (QED) is 0.765. The number of rotatable bonds is 4. The molecular formula is C17H17ClN4O. The van der Waals surface area contributed by atoms with Crippen LogP contribution in [0, 0.1) is 6.92 Å². The van der Waals surface area contributed by atoms with E-state index in [2.05, 4.69) is 20.2 Å². The number of hydrogen-bond donors (Lipinski definition) is 2. The lowest BCUT2D eigenvalue weighted by Crippen LogP contribution is -2.31. The first-order valence-corrected chi connectivity index (χ1v) is 7.74. The molecule has 6 heteroatoms. The summed E-state index contributed by atoms with van der Waals surface area (Å²) >= 11 is 6.01. The molecule has 0 bridgehead atoms. The second kappa shape index (κ2) is 6.71. The minimum absolute atomic E-state index is 0.278. The van der Waals surface area contributed by atoms with Crippen molar-refractivity contribution >= 4 is 34.4 Å². The molecule has 0 aliphatic carbocycles. The second-order valence-corrected chi connectivity index (χ2v) is 5.57. The first-order chi connectivity index (χ1) is 11.1. The van der Waals surface area contributed by atoms with E-state index in [1.807, 2.05) is 43.3 Å². The minimum Gasteiger partial charge on any atom is -0.336 e.